The van der Waals surface area contributed by atoms with Gasteiger partial charge in [0.25, 0.3) is 5.56 Å². The lowest BCUT2D eigenvalue weighted by Crippen LogP contribution is -2.40. The van der Waals surface area contributed by atoms with Crippen molar-refractivity contribution in [2.45, 2.75) is 55.9 Å². The van der Waals surface area contributed by atoms with E-state index in [1.807, 2.05) is 6.92 Å². The third-order valence-electron chi connectivity index (χ3n) is 5.16. The Morgan fingerprint density at radius 3 is 2.55 bits per heavy atom. The highest BCUT2D eigenvalue weighted by atomic mass is 32.2. The molecule has 2 aliphatic carbocycles. The Labute approximate surface area is 174 Å². The minimum atomic E-state index is -3.69. The van der Waals surface area contributed by atoms with Gasteiger partial charge in [-0.05, 0) is 44.6 Å². The summed E-state index contributed by atoms with van der Waals surface area (Å²) in [5.41, 5.74) is -0.839. The molecule has 8 nitrogen and oxygen atoms in total. The molecule has 29 heavy (non-hydrogen) atoms. The number of thiophene rings is 1. The third-order valence-corrected chi connectivity index (χ3v) is 9.21. The number of hydrogen-bond acceptors (Lipinski definition) is 7. The maximum Gasteiger partial charge on any atom is 0.332 e. The summed E-state index contributed by atoms with van der Waals surface area (Å²) in [7, 11) is -3.69. The minimum Gasteiger partial charge on any atom is -0.284 e. The van der Waals surface area contributed by atoms with Crippen molar-refractivity contribution in [1.29, 1.82) is 0 Å². The van der Waals surface area contributed by atoms with Gasteiger partial charge in [0.1, 0.15) is 9.04 Å². The van der Waals surface area contributed by atoms with Crippen molar-refractivity contribution >= 4 is 42.9 Å². The highest BCUT2D eigenvalue weighted by Crippen LogP contribution is 2.33. The standard InChI is InChI=1S/C18H20N4O4S3/c1-10-19-7-13(27-10)9-21-16(23)14-6-15(29(25,26)20-12-4-5-12)28-17(14)22(18(21)24)8-11-2-3-11/h6-7,11-12,20H,2-5,8-9H2,1H3. The second-order valence-electron chi connectivity index (χ2n) is 7.75. The number of rotatable bonds is 7. The number of nitrogens with zero attached hydrogens (tertiary/aromatic N) is 3. The zero-order chi connectivity index (χ0) is 20.3. The molecular formula is C18H20N4O4S3. The molecule has 0 unspecified atom stereocenters. The summed E-state index contributed by atoms with van der Waals surface area (Å²) < 4.78 is 30.9. The van der Waals surface area contributed by atoms with Crippen LogP contribution in [0.25, 0.3) is 10.2 Å². The summed E-state index contributed by atoms with van der Waals surface area (Å²) in [6.45, 7) is 2.52. The maximum atomic E-state index is 13.2. The molecule has 0 spiro atoms. The molecule has 0 aromatic carbocycles. The number of thiazole rings is 1. The topological polar surface area (TPSA) is 103 Å². The number of aryl methyl sites for hydroxylation is 1. The van der Waals surface area contributed by atoms with Crippen LogP contribution < -0.4 is 16.0 Å². The van der Waals surface area contributed by atoms with Crippen molar-refractivity contribution in [3.05, 3.63) is 43.0 Å². The fourth-order valence-electron chi connectivity index (χ4n) is 3.28. The van der Waals surface area contributed by atoms with E-state index >= 15 is 0 Å². The van der Waals surface area contributed by atoms with Crippen molar-refractivity contribution < 1.29 is 8.42 Å². The van der Waals surface area contributed by atoms with Gasteiger partial charge in [-0.25, -0.2) is 22.9 Å². The van der Waals surface area contributed by atoms with E-state index in [1.165, 1.54) is 22.0 Å². The van der Waals surface area contributed by atoms with E-state index in [0.717, 1.165) is 46.9 Å². The molecule has 0 aliphatic heterocycles. The summed E-state index contributed by atoms with van der Waals surface area (Å²) in [5, 5.41) is 1.15. The molecule has 3 heterocycles. The van der Waals surface area contributed by atoms with Crippen molar-refractivity contribution in [2.24, 2.45) is 5.92 Å². The first-order valence-corrected chi connectivity index (χ1v) is 12.6. The van der Waals surface area contributed by atoms with Crippen LogP contribution in [0.15, 0.2) is 26.1 Å². The molecule has 5 rings (SSSR count). The summed E-state index contributed by atoms with van der Waals surface area (Å²) in [6.07, 6.45) is 5.42. The van der Waals surface area contributed by atoms with Crippen LogP contribution in [0.5, 0.6) is 0 Å². The van der Waals surface area contributed by atoms with Crippen molar-refractivity contribution in [3.63, 3.8) is 0 Å². The third kappa shape index (κ3) is 3.72. The predicted molar refractivity (Wildman–Crippen MR) is 112 cm³/mol. The molecule has 0 atom stereocenters. The van der Waals surface area contributed by atoms with Crippen LogP contribution in [0, 0.1) is 12.8 Å². The van der Waals surface area contributed by atoms with E-state index in [4.69, 9.17) is 0 Å². The Balaban J connectivity index is 1.67. The normalized spacial score (nSPS) is 17.3. The van der Waals surface area contributed by atoms with Crippen LogP contribution >= 0.6 is 22.7 Å². The van der Waals surface area contributed by atoms with Crippen LogP contribution in [0.2, 0.25) is 0 Å². The first-order valence-electron chi connectivity index (χ1n) is 9.52. The Morgan fingerprint density at radius 2 is 1.93 bits per heavy atom. The average Bonchev–Trinajstić information content (AvgIpc) is 3.57. The molecule has 1 N–H and O–H groups in total. The Bertz CT molecular complexity index is 1320. The number of fused-ring (bicyclic) bond motifs is 1. The van der Waals surface area contributed by atoms with Gasteiger partial charge in [-0.1, -0.05) is 0 Å². The smallest absolute Gasteiger partial charge is 0.284 e. The van der Waals surface area contributed by atoms with Gasteiger partial charge in [-0.15, -0.1) is 22.7 Å². The molecule has 0 saturated heterocycles. The Hall–Kier alpha value is -1.82. The summed E-state index contributed by atoms with van der Waals surface area (Å²) >= 11 is 2.45. The number of hydrogen-bond donors (Lipinski definition) is 1. The number of aromatic nitrogens is 3. The largest absolute Gasteiger partial charge is 0.332 e. The lowest BCUT2D eigenvalue weighted by Gasteiger charge is -2.10. The van der Waals surface area contributed by atoms with E-state index in [9.17, 15) is 18.0 Å². The zero-order valence-corrected chi connectivity index (χ0v) is 18.2. The fraction of sp³-hybridized carbons (Fsp3) is 0.500. The lowest BCUT2D eigenvalue weighted by atomic mass is 10.3. The number of sulfonamides is 1. The van der Waals surface area contributed by atoms with Gasteiger partial charge in [0, 0.05) is 23.7 Å². The monoisotopic (exact) mass is 452 g/mol. The van der Waals surface area contributed by atoms with E-state index in [1.54, 1.807) is 10.8 Å². The number of nitrogens with one attached hydrogen (secondary N) is 1. The quantitative estimate of drug-likeness (QED) is 0.590. The zero-order valence-electron chi connectivity index (χ0n) is 15.8. The highest BCUT2D eigenvalue weighted by molar-refractivity contribution is 7.91. The molecule has 0 bridgehead atoms. The predicted octanol–water partition coefficient (Wildman–Crippen LogP) is 1.89. The molecule has 11 heteroatoms. The second-order valence-corrected chi connectivity index (χ2v) is 12.0. The van der Waals surface area contributed by atoms with Gasteiger partial charge in [0.05, 0.1) is 16.9 Å². The first kappa shape index (κ1) is 19.2. The summed E-state index contributed by atoms with van der Waals surface area (Å²) in [5.74, 6) is 0.402. The van der Waals surface area contributed by atoms with Gasteiger partial charge >= 0.3 is 5.69 Å². The highest BCUT2D eigenvalue weighted by Gasteiger charge is 2.31. The van der Waals surface area contributed by atoms with E-state index in [-0.39, 0.29) is 27.9 Å². The average molecular weight is 453 g/mol. The van der Waals surface area contributed by atoms with Crippen LogP contribution in [-0.4, -0.2) is 28.6 Å². The molecule has 2 aliphatic rings. The van der Waals surface area contributed by atoms with Crippen molar-refractivity contribution in [2.75, 3.05) is 0 Å². The minimum absolute atomic E-state index is 0.0231. The SMILES string of the molecule is Cc1ncc(Cn2c(=O)c3cc(S(=O)(=O)NC4CC4)sc3n(CC3CC3)c2=O)s1. The van der Waals surface area contributed by atoms with Crippen LogP contribution in [0.3, 0.4) is 0 Å². The van der Waals surface area contributed by atoms with Gasteiger partial charge in [-0.3, -0.25) is 13.9 Å². The Kier molecular flexibility index (Phi) is 4.53. The summed E-state index contributed by atoms with van der Waals surface area (Å²) in [6, 6.07) is 1.40. The second kappa shape index (κ2) is 6.86. The van der Waals surface area contributed by atoms with Crippen molar-refractivity contribution in [1.82, 2.24) is 18.8 Å². The Morgan fingerprint density at radius 1 is 1.17 bits per heavy atom. The molecule has 0 amide bonds. The molecule has 2 fully saturated rings. The maximum absolute atomic E-state index is 13.2. The molecule has 3 aromatic heterocycles. The van der Waals surface area contributed by atoms with Gasteiger partial charge in [0.15, 0.2) is 0 Å². The molecule has 2 saturated carbocycles. The lowest BCUT2D eigenvalue weighted by molar-refractivity contribution is 0.570. The van der Waals surface area contributed by atoms with E-state index in [2.05, 4.69) is 9.71 Å². The van der Waals surface area contributed by atoms with Gasteiger partial charge < -0.3 is 0 Å². The molecule has 0 radical (unpaired) electrons. The van der Waals surface area contributed by atoms with Gasteiger partial charge in [-0.2, -0.15) is 0 Å². The van der Waals surface area contributed by atoms with Crippen molar-refractivity contribution in [3.8, 4) is 0 Å². The molecule has 154 valence electrons. The van der Waals surface area contributed by atoms with Gasteiger partial charge in [0.2, 0.25) is 10.0 Å². The summed E-state index contributed by atoms with van der Waals surface area (Å²) in [4.78, 5) is 31.7. The van der Waals surface area contributed by atoms with Crippen LogP contribution in [0.4, 0.5) is 0 Å². The van der Waals surface area contributed by atoms with E-state index in [0.29, 0.717) is 17.3 Å². The first-order chi connectivity index (χ1) is 13.8. The van der Waals surface area contributed by atoms with Crippen LogP contribution in [-0.2, 0) is 23.1 Å². The van der Waals surface area contributed by atoms with E-state index < -0.39 is 15.6 Å². The fourth-order valence-corrected chi connectivity index (χ4v) is 6.84. The molecular weight excluding hydrogens is 432 g/mol. The molecule has 3 aromatic rings. The van der Waals surface area contributed by atoms with Crippen LogP contribution in [0.1, 0.15) is 35.6 Å².